The van der Waals surface area contributed by atoms with Crippen LogP contribution >= 0.6 is 15.9 Å². The second-order valence-electron chi connectivity index (χ2n) is 5.77. The molecule has 1 atom stereocenters. The SMILES string of the molecule is CCCNC(Cc1cncc(Br)c1)C(C)(C)N(C)C. The Morgan fingerprint density at radius 1 is 1.37 bits per heavy atom. The fourth-order valence-electron chi connectivity index (χ4n) is 2.01. The number of nitrogens with zero attached hydrogens (tertiary/aromatic N) is 2. The lowest BCUT2D eigenvalue weighted by molar-refractivity contribution is 0.137. The van der Waals surface area contributed by atoms with Crippen molar-refractivity contribution in [3.63, 3.8) is 0 Å². The number of likely N-dealkylation sites (N-methyl/N-ethyl adjacent to an activating group) is 1. The van der Waals surface area contributed by atoms with E-state index in [1.807, 2.05) is 12.4 Å². The van der Waals surface area contributed by atoms with Crippen LogP contribution in [0.3, 0.4) is 0 Å². The van der Waals surface area contributed by atoms with Gasteiger partial charge in [-0.2, -0.15) is 0 Å². The van der Waals surface area contributed by atoms with Crippen LogP contribution in [-0.4, -0.2) is 42.1 Å². The van der Waals surface area contributed by atoms with Crippen molar-refractivity contribution in [1.82, 2.24) is 15.2 Å². The molecule has 19 heavy (non-hydrogen) atoms. The normalized spacial score (nSPS) is 13.8. The molecule has 1 rings (SSSR count). The zero-order chi connectivity index (χ0) is 14.5. The van der Waals surface area contributed by atoms with Gasteiger partial charge in [0.25, 0.3) is 0 Å². The van der Waals surface area contributed by atoms with Gasteiger partial charge in [-0.05, 0) is 74.9 Å². The third-order valence-corrected chi connectivity index (χ3v) is 4.28. The van der Waals surface area contributed by atoms with Gasteiger partial charge >= 0.3 is 0 Å². The van der Waals surface area contributed by atoms with Crippen LogP contribution in [0.25, 0.3) is 0 Å². The van der Waals surface area contributed by atoms with Gasteiger partial charge in [-0.3, -0.25) is 4.98 Å². The van der Waals surface area contributed by atoms with Crippen molar-refractivity contribution in [3.8, 4) is 0 Å². The Kier molecular flexibility index (Phi) is 6.43. The molecular weight excluding hydrogens is 302 g/mol. The second-order valence-corrected chi connectivity index (χ2v) is 6.69. The van der Waals surface area contributed by atoms with E-state index in [1.54, 1.807) is 0 Å². The maximum Gasteiger partial charge on any atom is 0.0410 e. The Balaban J connectivity index is 2.85. The summed E-state index contributed by atoms with van der Waals surface area (Å²) < 4.78 is 1.04. The predicted molar refractivity (Wildman–Crippen MR) is 85.5 cm³/mol. The van der Waals surface area contributed by atoms with Gasteiger partial charge in [-0.25, -0.2) is 0 Å². The van der Waals surface area contributed by atoms with E-state index in [2.05, 4.69) is 72.1 Å². The number of hydrogen-bond acceptors (Lipinski definition) is 3. The summed E-state index contributed by atoms with van der Waals surface area (Å²) in [6, 6.07) is 2.55. The highest BCUT2D eigenvalue weighted by Gasteiger charge is 2.31. The molecule has 1 aromatic rings. The molecule has 108 valence electrons. The molecule has 0 aromatic carbocycles. The fraction of sp³-hybridized carbons (Fsp3) is 0.667. The molecule has 0 bridgehead atoms. The Labute approximate surface area is 125 Å². The van der Waals surface area contributed by atoms with Crippen LogP contribution in [-0.2, 0) is 6.42 Å². The molecule has 0 amide bonds. The van der Waals surface area contributed by atoms with Crippen LogP contribution in [0.5, 0.6) is 0 Å². The number of hydrogen-bond donors (Lipinski definition) is 1. The summed E-state index contributed by atoms with van der Waals surface area (Å²) in [6.45, 7) is 7.81. The van der Waals surface area contributed by atoms with Crippen LogP contribution in [0, 0.1) is 0 Å². The van der Waals surface area contributed by atoms with E-state index < -0.39 is 0 Å². The van der Waals surface area contributed by atoms with Crippen molar-refractivity contribution >= 4 is 15.9 Å². The van der Waals surface area contributed by atoms with Crippen LogP contribution in [0.1, 0.15) is 32.8 Å². The smallest absolute Gasteiger partial charge is 0.0410 e. The summed E-state index contributed by atoms with van der Waals surface area (Å²) >= 11 is 3.49. The molecule has 0 aliphatic heterocycles. The molecule has 0 saturated heterocycles. The maximum absolute atomic E-state index is 4.26. The molecule has 0 aliphatic rings. The standard InChI is InChI=1S/C15H26BrN3/c1-6-7-18-14(15(2,3)19(4)5)9-12-8-13(16)11-17-10-12/h8,10-11,14,18H,6-7,9H2,1-5H3. The van der Waals surface area contributed by atoms with Crippen LogP contribution in [0.15, 0.2) is 22.9 Å². The topological polar surface area (TPSA) is 28.2 Å². The first-order chi connectivity index (χ1) is 8.87. The maximum atomic E-state index is 4.26. The zero-order valence-corrected chi connectivity index (χ0v) is 14.3. The third kappa shape index (κ3) is 4.86. The zero-order valence-electron chi connectivity index (χ0n) is 12.7. The molecule has 4 heteroatoms. The Hall–Kier alpha value is -0.450. The van der Waals surface area contributed by atoms with Crippen molar-refractivity contribution < 1.29 is 0 Å². The Morgan fingerprint density at radius 2 is 2.05 bits per heavy atom. The molecule has 3 nitrogen and oxygen atoms in total. The Bertz CT molecular complexity index is 391. The molecule has 0 spiro atoms. The quantitative estimate of drug-likeness (QED) is 0.834. The van der Waals surface area contributed by atoms with Crippen molar-refractivity contribution in [3.05, 3.63) is 28.5 Å². The van der Waals surface area contributed by atoms with E-state index in [0.29, 0.717) is 6.04 Å². The largest absolute Gasteiger partial charge is 0.312 e. The van der Waals surface area contributed by atoms with E-state index in [-0.39, 0.29) is 5.54 Å². The molecule has 0 saturated carbocycles. The predicted octanol–water partition coefficient (Wildman–Crippen LogP) is 3.10. The van der Waals surface area contributed by atoms with Gasteiger partial charge in [0, 0.05) is 28.4 Å². The van der Waals surface area contributed by atoms with E-state index in [1.165, 1.54) is 5.56 Å². The number of pyridine rings is 1. The van der Waals surface area contributed by atoms with Gasteiger partial charge in [0.1, 0.15) is 0 Å². The molecule has 1 aromatic heterocycles. The summed E-state index contributed by atoms with van der Waals surface area (Å²) in [6.07, 6.45) is 5.92. The lowest BCUT2D eigenvalue weighted by atomic mass is 9.88. The van der Waals surface area contributed by atoms with Crippen molar-refractivity contribution in [2.24, 2.45) is 0 Å². The van der Waals surface area contributed by atoms with Crippen LogP contribution < -0.4 is 5.32 Å². The number of aromatic nitrogens is 1. The first-order valence-electron chi connectivity index (χ1n) is 6.88. The van der Waals surface area contributed by atoms with Crippen LogP contribution in [0.2, 0.25) is 0 Å². The number of nitrogens with one attached hydrogen (secondary N) is 1. The first kappa shape index (κ1) is 16.6. The highest BCUT2D eigenvalue weighted by Crippen LogP contribution is 2.20. The first-order valence-corrected chi connectivity index (χ1v) is 7.67. The highest BCUT2D eigenvalue weighted by atomic mass is 79.9. The van der Waals surface area contributed by atoms with E-state index in [0.717, 1.165) is 23.9 Å². The number of rotatable bonds is 7. The molecule has 1 heterocycles. The number of halogens is 1. The highest BCUT2D eigenvalue weighted by molar-refractivity contribution is 9.10. The van der Waals surface area contributed by atoms with Gasteiger partial charge in [0.2, 0.25) is 0 Å². The van der Waals surface area contributed by atoms with E-state index >= 15 is 0 Å². The average molecular weight is 328 g/mol. The van der Waals surface area contributed by atoms with Gasteiger partial charge < -0.3 is 10.2 Å². The average Bonchev–Trinajstić information content (AvgIpc) is 2.34. The van der Waals surface area contributed by atoms with E-state index in [4.69, 9.17) is 0 Å². The van der Waals surface area contributed by atoms with Gasteiger partial charge in [0.05, 0.1) is 0 Å². The van der Waals surface area contributed by atoms with E-state index in [9.17, 15) is 0 Å². The molecule has 0 fully saturated rings. The summed E-state index contributed by atoms with van der Waals surface area (Å²) in [5, 5.41) is 3.67. The molecular formula is C15H26BrN3. The molecule has 1 N–H and O–H groups in total. The summed E-state index contributed by atoms with van der Waals surface area (Å²) in [5.74, 6) is 0. The minimum absolute atomic E-state index is 0.0947. The summed E-state index contributed by atoms with van der Waals surface area (Å²) in [7, 11) is 4.28. The third-order valence-electron chi connectivity index (χ3n) is 3.85. The molecule has 0 aliphatic carbocycles. The monoisotopic (exact) mass is 327 g/mol. The Morgan fingerprint density at radius 3 is 2.58 bits per heavy atom. The van der Waals surface area contributed by atoms with Gasteiger partial charge in [-0.15, -0.1) is 0 Å². The minimum Gasteiger partial charge on any atom is -0.312 e. The molecule has 0 radical (unpaired) electrons. The van der Waals surface area contributed by atoms with Gasteiger partial charge in [-0.1, -0.05) is 6.92 Å². The lowest BCUT2D eigenvalue weighted by Gasteiger charge is -2.41. The van der Waals surface area contributed by atoms with Gasteiger partial charge in [0.15, 0.2) is 0 Å². The summed E-state index contributed by atoms with van der Waals surface area (Å²) in [5.41, 5.74) is 1.36. The summed E-state index contributed by atoms with van der Waals surface area (Å²) in [4.78, 5) is 6.54. The lowest BCUT2D eigenvalue weighted by Crippen LogP contribution is -2.56. The van der Waals surface area contributed by atoms with Crippen molar-refractivity contribution in [2.75, 3.05) is 20.6 Å². The van der Waals surface area contributed by atoms with Crippen molar-refractivity contribution in [2.45, 2.75) is 45.2 Å². The van der Waals surface area contributed by atoms with Crippen molar-refractivity contribution in [1.29, 1.82) is 0 Å². The van der Waals surface area contributed by atoms with Crippen LogP contribution in [0.4, 0.5) is 0 Å². The minimum atomic E-state index is 0.0947. The second kappa shape index (κ2) is 7.36. The fourth-order valence-corrected chi connectivity index (χ4v) is 2.42. The molecule has 1 unspecified atom stereocenters.